The summed E-state index contributed by atoms with van der Waals surface area (Å²) < 4.78 is 0. The second-order valence-electron chi connectivity index (χ2n) is 8.33. The molecule has 2 amide bonds. The van der Waals surface area contributed by atoms with Gasteiger partial charge in [-0.3, -0.25) is 4.79 Å². The summed E-state index contributed by atoms with van der Waals surface area (Å²) in [6.45, 7) is 6.12. The average molecular weight is 417 g/mol. The average Bonchev–Trinajstić information content (AvgIpc) is 3.15. The zero-order valence-corrected chi connectivity index (χ0v) is 18.3. The number of H-pyrrole nitrogens is 1. The Kier molecular flexibility index (Phi) is 6.35. The van der Waals surface area contributed by atoms with Crippen LogP contribution >= 0.6 is 11.8 Å². The molecule has 7 heteroatoms. The van der Waals surface area contributed by atoms with E-state index < -0.39 is 0 Å². The number of hydrogen-bond acceptors (Lipinski definition) is 4. The minimum absolute atomic E-state index is 0.0997. The van der Waals surface area contributed by atoms with Gasteiger partial charge in [-0.15, -0.1) is 11.8 Å². The fourth-order valence-corrected chi connectivity index (χ4v) is 6.65. The van der Waals surface area contributed by atoms with Gasteiger partial charge in [0.2, 0.25) is 0 Å². The lowest BCUT2D eigenvalue weighted by molar-refractivity contribution is -0.114. The third kappa shape index (κ3) is 4.26. The third-order valence-electron chi connectivity index (χ3n) is 6.47. The summed E-state index contributed by atoms with van der Waals surface area (Å²) >= 11 is 1.70. The van der Waals surface area contributed by atoms with E-state index in [-0.39, 0.29) is 11.8 Å². The first-order chi connectivity index (χ1) is 14.1. The lowest BCUT2D eigenvalue weighted by Crippen LogP contribution is -2.35. The van der Waals surface area contributed by atoms with Crippen LogP contribution in [0.15, 0.2) is 10.6 Å². The summed E-state index contributed by atoms with van der Waals surface area (Å²) in [5.74, 6) is 0.397. The fourth-order valence-electron chi connectivity index (χ4n) is 5.05. The molecule has 1 fully saturated rings. The second-order valence-corrected chi connectivity index (χ2v) is 9.58. The van der Waals surface area contributed by atoms with Gasteiger partial charge < -0.3 is 20.9 Å². The van der Waals surface area contributed by atoms with Crippen molar-refractivity contribution in [1.82, 2.24) is 20.9 Å². The number of Topliss-reactive ketones (excluding diaryl/α,β-unsaturated/α-hetero) is 1. The highest BCUT2D eigenvalue weighted by molar-refractivity contribution is 8.04. The molecule has 0 spiro atoms. The maximum absolute atomic E-state index is 12.7. The zero-order valence-electron chi connectivity index (χ0n) is 17.5. The van der Waals surface area contributed by atoms with Crippen molar-refractivity contribution in [3.05, 3.63) is 33.1 Å². The number of aryl methyl sites for hydroxylation is 1. The van der Waals surface area contributed by atoms with Gasteiger partial charge in [-0.25, -0.2) is 4.79 Å². The molecule has 3 heterocycles. The van der Waals surface area contributed by atoms with Gasteiger partial charge in [0, 0.05) is 41.2 Å². The van der Waals surface area contributed by atoms with Crippen molar-refractivity contribution in [2.45, 2.75) is 77.1 Å². The number of allylic oxidation sites excluding steroid dienone is 1. The molecule has 3 aliphatic rings. The SMILES string of the molecule is CCc1[nH]c2c(c1CNC(=O)NC1=C(C(C)=O)C3CCCCCC3S1)CCNC2. The lowest BCUT2D eigenvalue weighted by atomic mass is 9.90. The van der Waals surface area contributed by atoms with Crippen LogP contribution in [0.4, 0.5) is 4.79 Å². The lowest BCUT2D eigenvalue weighted by Gasteiger charge is -2.16. The standard InChI is InChI=1S/C22H32N4O2S/c1-3-17-16(14-9-10-23-12-18(14)25-17)11-24-22(28)26-21-20(13(2)27)15-7-5-4-6-8-19(15)29-21/h15,19,23,25H,3-12H2,1-2H3,(H2,24,26,28). The van der Waals surface area contributed by atoms with Gasteiger partial charge in [0.1, 0.15) is 0 Å². The van der Waals surface area contributed by atoms with Crippen LogP contribution in [0.3, 0.4) is 0 Å². The Balaban J connectivity index is 1.44. The van der Waals surface area contributed by atoms with E-state index in [1.54, 1.807) is 18.7 Å². The summed E-state index contributed by atoms with van der Waals surface area (Å²) in [5, 5.41) is 10.7. The van der Waals surface area contributed by atoms with E-state index in [1.165, 1.54) is 41.8 Å². The molecule has 4 N–H and O–H groups in total. The van der Waals surface area contributed by atoms with Crippen molar-refractivity contribution in [3.8, 4) is 0 Å². The predicted molar refractivity (Wildman–Crippen MR) is 117 cm³/mol. The van der Waals surface area contributed by atoms with Crippen LogP contribution in [0.1, 0.15) is 68.5 Å². The molecule has 0 radical (unpaired) electrons. The molecule has 29 heavy (non-hydrogen) atoms. The maximum Gasteiger partial charge on any atom is 0.319 e. The van der Waals surface area contributed by atoms with Crippen molar-refractivity contribution in [2.24, 2.45) is 5.92 Å². The number of fused-ring (bicyclic) bond motifs is 2. The molecule has 0 bridgehead atoms. The summed E-state index contributed by atoms with van der Waals surface area (Å²) in [6, 6.07) is -0.214. The Hall–Kier alpha value is -1.73. The van der Waals surface area contributed by atoms with Crippen molar-refractivity contribution < 1.29 is 9.59 Å². The van der Waals surface area contributed by atoms with Gasteiger partial charge in [0.05, 0.1) is 5.03 Å². The first-order valence-corrected chi connectivity index (χ1v) is 11.8. The van der Waals surface area contributed by atoms with E-state index in [0.29, 0.717) is 17.7 Å². The summed E-state index contributed by atoms with van der Waals surface area (Å²) in [4.78, 5) is 28.6. The Morgan fingerprint density at radius 3 is 2.83 bits per heavy atom. The molecule has 1 aromatic rings. The molecular weight excluding hydrogens is 384 g/mol. The van der Waals surface area contributed by atoms with Crippen LogP contribution in [0.5, 0.6) is 0 Å². The first kappa shape index (κ1) is 20.5. The van der Waals surface area contributed by atoms with Gasteiger partial charge >= 0.3 is 6.03 Å². The minimum Gasteiger partial charge on any atom is -0.361 e. The van der Waals surface area contributed by atoms with E-state index in [9.17, 15) is 9.59 Å². The summed E-state index contributed by atoms with van der Waals surface area (Å²) in [6.07, 6.45) is 7.73. The second kappa shape index (κ2) is 8.96. The number of amides is 2. The van der Waals surface area contributed by atoms with Crippen LogP contribution in [0, 0.1) is 5.92 Å². The predicted octanol–water partition coefficient (Wildman–Crippen LogP) is 3.52. The molecule has 1 saturated carbocycles. The number of hydrogen-bond donors (Lipinski definition) is 4. The molecule has 2 atom stereocenters. The van der Waals surface area contributed by atoms with E-state index >= 15 is 0 Å². The van der Waals surface area contributed by atoms with E-state index in [0.717, 1.165) is 49.4 Å². The van der Waals surface area contributed by atoms with E-state index in [2.05, 4.69) is 27.9 Å². The van der Waals surface area contributed by atoms with Crippen LogP contribution < -0.4 is 16.0 Å². The van der Waals surface area contributed by atoms with Crippen LogP contribution in [0.2, 0.25) is 0 Å². The highest BCUT2D eigenvalue weighted by Gasteiger charge is 2.38. The van der Waals surface area contributed by atoms with Crippen molar-refractivity contribution in [1.29, 1.82) is 0 Å². The van der Waals surface area contributed by atoms with Crippen LogP contribution in [-0.2, 0) is 30.7 Å². The Bertz CT molecular complexity index is 829. The first-order valence-electron chi connectivity index (χ1n) is 11.0. The Morgan fingerprint density at radius 1 is 1.21 bits per heavy atom. The number of ketones is 1. The number of carbonyl (C=O) groups excluding carboxylic acids is 2. The maximum atomic E-state index is 12.7. The quantitative estimate of drug-likeness (QED) is 0.592. The monoisotopic (exact) mass is 416 g/mol. The molecule has 158 valence electrons. The largest absolute Gasteiger partial charge is 0.361 e. The topological polar surface area (TPSA) is 86.0 Å². The highest BCUT2D eigenvalue weighted by atomic mass is 32.2. The molecule has 1 aromatic heterocycles. The Morgan fingerprint density at radius 2 is 2.03 bits per heavy atom. The number of carbonyl (C=O) groups is 2. The normalized spacial score (nSPS) is 23.9. The van der Waals surface area contributed by atoms with E-state index in [1.807, 2.05) is 0 Å². The van der Waals surface area contributed by atoms with E-state index in [4.69, 9.17) is 0 Å². The number of aromatic amines is 1. The summed E-state index contributed by atoms with van der Waals surface area (Å²) in [5.41, 5.74) is 5.88. The number of nitrogens with one attached hydrogen (secondary N) is 4. The molecule has 2 aliphatic heterocycles. The van der Waals surface area contributed by atoms with Crippen LogP contribution in [0.25, 0.3) is 0 Å². The number of urea groups is 1. The molecular formula is C22H32N4O2S. The van der Waals surface area contributed by atoms with Gasteiger partial charge in [-0.1, -0.05) is 26.2 Å². The van der Waals surface area contributed by atoms with Gasteiger partial charge in [0.25, 0.3) is 0 Å². The molecule has 0 aromatic carbocycles. The Labute approximate surface area is 177 Å². The van der Waals surface area contributed by atoms with Crippen molar-refractivity contribution in [3.63, 3.8) is 0 Å². The number of thioether (sulfide) groups is 1. The van der Waals surface area contributed by atoms with Crippen LogP contribution in [-0.4, -0.2) is 28.6 Å². The summed E-state index contributed by atoms with van der Waals surface area (Å²) in [7, 11) is 0. The number of rotatable bonds is 5. The highest BCUT2D eigenvalue weighted by Crippen LogP contribution is 2.47. The molecule has 2 unspecified atom stereocenters. The third-order valence-corrected chi connectivity index (χ3v) is 7.90. The van der Waals surface area contributed by atoms with Crippen molar-refractivity contribution in [2.75, 3.05) is 6.54 Å². The minimum atomic E-state index is -0.214. The fraction of sp³-hybridized carbons (Fsp3) is 0.636. The zero-order chi connectivity index (χ0) is 20.4. The van der Waals surface area contributed by atoms with Gasteiger partial charge in [0.15, 0.2) is 5.78 Å². The molecule has 4 rings (SSSR count). The molecule has 6 nitrogen and oxygen atoms in total. The van der Waals surface area contributed by atoms with Gasteiger partial charge in [-0.2, -0.15) is 0 Å². The molecule has 1 aliphatic carbocycles. The van der Waals surface area contributed by atoms with Crippen molar-refractivity contribution >= 4 is 23.6 Å². The smallest absolute Gasteiger partial charge is 0.319 e. The number of aromatic nitrogens is 1. The van der Waals surface area contributed by atoms with Gasteiger partial charge in [-0.05, 0) is 50.3 Å². The molecule has 0 saturated heterocycles.